The summed E-state index contributed by atoms with van der Waals surface area (Å²) in [7, 11) is 1.62. The lowest BCUT2D eigenvalue weighted by Crippen LogP contribution is -2.06. The maximum atomic E-state index is 5.59. The molecule has 134 valence electrons. The van der Waals surface area contributed by atoms with Crippen LogP contribution in [0.15, 0.2) is 41.4 Å². The van der Waals surface area contributed by atoms with Crippen molar-refractivity contribution in [3.05, 3.63) is 36.9 Å². The van der Waals surface area contributed by atoms with Crippen molar-refractivity contribution in [2.24, 2.45) is 0 Å². The van der Waals surface area contributed by atoms with E-state index in [0.717, 1.165) is 10.8 Å². The van der Waals surface area contributed by atoms with Crippen molar-refractivity contribution < 1.29 is 9.26 Å². The number of fused-ring (bicyclic) bond motifs is 3. The van der Waals surface area contributed by atoms with Crippen molar-refractivity contribution in [1.29, 1.82) is 0 Å². The number of hydrogen-bond acceptors (Lipinski definition) is 8. The molecule has 5 aromatic rings. The van der Waals surface area contributed by atoms with Crippen LogP contribution in [0.5, 0.6) is 5.75 Å². The van der Waals surface area contributed by atoms with Crippen LogP contribution in [-0.4, -0.2) is 46.8 Å². The monoisotopic (exact) mass is 362 g/mol. The quantitative estimate of drug-likeness (QED) is 0.479. The van der Waals surface area contributed by atoms with Gasteiger partial charge in [-0.1, -0.05) is 17.3 Å². The predicted molar refractivity (Wildman–Crippen MR) is 95.0 cm³/mol. The Morgan fingerprint density at radius 1 is 1.15 bits per heavy atom. The van der Waals surface area contributed by atoms with Crippen LogP contribution < -0.4 is 4.74 Å². The number of benzene rings is 1. The molecular weight excluding hydrogens is 348 g/mol. The Kier molecular flexibility index (Phi) is 3.35. The fourth-order valence-corrected chi connectivity index (χ4v) is 3.15. The third-order valence-electron chi connectivity index (χ3n) is 4.36. The molecule has 10 nitrogen and oxygen atoms in total. The molecule has 0 aliphatic carbocycles. The van der Waals surface area contributed by atoms with E-state index >= 15 is 0 Å². The van der Waals surface area contributed by atoms with E-state index in [9.17, 15) is 0 Å². The number of ether oxygens (including phenoxy) is 1. The molecule has 0 amide bonds. The van der Waals surface area contributed by atoms with Crippen LogP contribution in [0.3, 0.4) is 0 Å². The van der Waals surface area contributed by atoms with E-state index in [1.807, 2.05) is 25.1 Å². The fraction of sp³-hybridized carbons (Fsp3) is 0.176. The zero-order chi connectivity index (χ0) is 18.4. The SMILES string of the molecule is CCn1ncnc1-c1nn2c(-c3ccon3)nnc2c2cccc(OC)c12. The summed E-state index contributed by atoms with van der Waals surface area (Å²) in [6.07, 6.45) is 2.99. The smallest absolute Gasteiger partial charge is 0.207 e. The zero-order valence-corrected chi connectivity index (χ0v) is 14.6. The minimum absolute atomic E-state index is 0.479. The lowest BCUT2D eigenvalue weighted by Gasteiger charge is -2.11. The summed E-state index contributed by atoms with van der Waals surface area (Å²) in [5, 5.41) is 23.2. The fourth-order valence-electron chi connectivity index (χ4n) is 3.15. The first-order valence-corrected chi connectivity index (χ1v) is 8.33. The number of aryl methyl sites for hydroxylation is 1. The zero-order valence-electron chi connectivity index (χ0n) is 14.6. The first kappa shape index (κ1) is 15.4. The average Bonchev–Trinajstić information content (AvgIpc) is 3.46. The van der Waals surface area contributed by atoms with E-state index in [1.54, 1.807) is 22.4 Å². The van der Waals surface area contributed by atoms with Gasteiger partial charge in [0.25, 0.3) is 0 Å². The molecule has 0 aliphatic heterocycles. The van der Waals surface area contributed by atoms with Gasteiger partial charge in [-0.05, 0) is 13.0 Å². The van der Waals surface area contributed by atoms with E-state index in [2.05, 4.69) is 25.4 Å². The summed E-state index contributed by atoms with van der Waals surface area (Å²) < 4.78 is 14.0. The summed E-state index contributed by atoms with van der Waals surface area (Å²) >= 11 is 0. The molecule has 0 bridgehead atoms. The molecule has 1 aromatic carbocycles. The largest absolute Gasteiger partial charge is 0.496 e. The number of rotatable bonds is 4. The molecule has 0 spiro atoms. The highest BCUT2D eigenvalue weighted by Crippen LogP contribution is 2.35. The molecular formula is C17H14N8O2. The highest BCUT2D eigenvalue weighted by molar-refractivity contribution is 6.04. The van der Waals surface area contributed by atoms with Gasteiger partial charge in [0.15, 0.2) is 17.2 Å². The second-order valence-corrected chi connectivity index (χ2v) is 5.77. The van der Waals surface area contributed by atoms with Crippen LogP contribution in [0.4, 0.5) is 0 Å². The summed E-state index contributed by atoms with van der Waals surface area (Å²) in [5.74, 6) is 1.79. The maximum absolute atomic E-state index is 5.59. The molecule has 0 saturated carbocycles. The van der Waals surface area contributed by atoms with Gasteiger partial charge < -0.3 is 9.26 Å². The lowest BCUT2D eigenvalue weighted by atomic mass is 10.1. The van der Waals surface area contributed by atoms with Crippen LogP contribution in [0.25, 0.3) is 39.5 Å². The lowest BCUT2D eigenvalue weighted by molar-refractivity contribution is 0.419. The normalized spacial score (nSPS) is 11.5. The van der Waals surface area contributed by atoms with Crippen molar-refractivity contribution in [3.63, 3.8) is 0 Å². The number of hydrogen-bond donors (Lipinski definition) is 0. The van der Waals surface area contributed by atoms with Gasteiger partial charge in [0, 0.05) is 18.0 Å². The first-order chi connectivity index (χ1) is 13.3. The molecule has 0 radical (unpaired) electrons. The molecule has 4 heterocycles. The molecule has 0 unspecified atom stereocenters. The highest BCUT2D eigenvalue weighted by atomic mass is 16.5. The first-order valence-electron chi connectivity index (χ1n) is 8.33. The third-order valence-corrected chi connectivity index (χ3v) is 4.36. The van der Waals surface area contributed by atoms with Crippen LogP contribution >= 0.6 is 0 Å². The van der Waals surface area contributed by atoms with Crippen LogP contribution in [-0.2, 0) is 6.54 Å². The molecule has 0 N–H and O–H groups in total. The van der Waals surface area contributed by atoms with Crippen LogP contribution in [0.2, 0.25) is 0 Å². The van der Waals surface area contributed by atoms with Gasteiger partial charge in [0.1, 0.15) is 24.0 Å². The summed E-state index contributed by atoms with van der Waals surface area (Å²) in [4.78, 5) is 4.41. The van der Waals surface area contributed by atoms with Gasteiger partial charge >= 0.3 is 0 Å². The second kappa shape index (κ2) is 5.87. The van der Waals surface area contributed by atoms with E-state index in [0.29, 0.717) is 41.0 Å². The van der Waals surface area contributed by atoms with Crippen molar-refractivity contribution in [1.82, 2.24) is 39.7 Å². The molecule has 0 saturated heterocycles. The molecule has 10 heteroatoms. The van der Waals surface area contributed by atoms with Gasteiger partial charge in [0.05, 0.1) is 12.5 Å². The van der Waals surface area contributed by atoms with Gasteiger partial charge in [-0.3, -0.25) is 0 Å². The van der Waals surface area contributed by atoms with Crippen LogP contribution in [0, 0.1) is 0 Å². The van der Waals surface area contributed by atoms with E-state index < -0.39 is 0 Å². The molecule has 0 atom stereocenters. The standard InChI is InChI=1S/C17H14N8O2/c1-3-24-17(18-9-19-24)14-13-10(5-4-6-12(13)26-2)15-20-21-16(25(15)22-14)11-7-8-27-23-11/h4-9H,3H2,1-2H3. The van der Waals surface area contributed by atoms with Gasteiger partial charge in [-0.25, -0.2) is 9.67 Å². The Morgan fingerprint density at radius 2 is 2.07 bits per heavy atom. The van der Waals surface area contributed by atoms with Crippen molar-refractivity contribution >= 4 is 16.4 Å². The molecule has 0 fully saturated rings. The summed E-state index contributed by atoms with van der Waals surface area (Å²) in [6, 6.07) is 7.44. The Balaban J connectivity index is 1.94. The number of methoxy groups -OCH3 is 1. The van der Waals surface area contributed by atoms with E-state index in [4.69, 9.17) is 14.4 Å². The third kappa shape index (κ3) is 2.19. The Hall–Kier alpha value is -3.82. The summed E-state index contributed by atoms with van der Waals surface area (Å²) in [6.45, 7) is 2.65. The Morgan fingerprint density at radius 3 is 2.85 bits per heavy atom. The molecule has 5 rings (SSSR count). The van der Waals surface area contributed by atoms with Crippen molar-refractivity contribution in [3.8, 4) is 28.8 Å². The summed E-state index contributed by atoms with van der Waals surface area (Å²) in [5.41, 5.74) is 1.76. The molecule has 0 aliphatic rings. The van der Waals surface area contributed by atoms with Gasteiger partial charge in [0.2, 0.25) is 5.82 Å². The number of aromatic nitrogens is 8. The molecule has 27 heavy (non-hydrogen) atoms. The van der Waals surface area contributed by atoms with E-state index in [-0.39, 0.29) is 0 Å². The highest BCUT2D eigenvalue weighted by Gasteiger charge is 2.22. The topological polar surface area (TPSA) is 109 Å². The van der Waals surface area contributed by atoms with Gasteiger partial charge in [-0.15, -0.1) is 10.2 Å². The minimum atomic E-state index is 0.479. The van der Waals surface area contributed by atoms with Gasteiger partial charge in [-0.2, -0.15) is 14.7 Å². The second-order valence-electron chi connectivity index (χ2n) is 5.77. The van der Waals surface area contributed by atoms with Crippen LogP contribution in [0.1, 0.15) is 6.92 Å². The maximum Gasteiger partial charge on any atom is 0.207 e. The Bertz CT molecular complexity index is 1260. The number of nitrogens with zero attached hydrogens (tertiary/aromatic N) is 8. The van der Waals surface area contributed by atoms with E-state index in [1.165, 1.54) is 12.6 Å². The van der Waals surface area contributed by atoms with Crippen molar-refractivity contribution in [2.75, 3.05) is 7.11 Å². The predicted octanol–water partition coefficient (Wildman–Crippen LogP) is 2.22. The Labute approximate surface area is 152 Å². The van der Waals surface area contributed by atoms with Crippen molar-refractivity contribution in [2.45, 2.75) is 13.5 Å². The minimum Gasteiger partial charge on any atom is -0.496 e. The molecule has 4 aromatic heterocycles. The average molecular weight is 362 g/mol.